The number of para-hydroxylation sites is 1. The van der Waals surface area contributed by atoms with E-state index in [1.54, 1.807) is 61.7 Å². The van der Waals surface area contributed by atoms with Gasteiger partial charge in [0.25, 0.3) is 5.91 Å². The second-order valence-electron chi connectivity index (χ2n) is 7.25. The average Bonchev–Trinajstić information content (AvgIpc) is 3.35. The molecule has 0 radical (unpaired) electrons. The predicted molar refractivity (Wildman–Crippen MR) is 108 cm³/mol. The molecule has 2 aromatic rings. The molecule has 1 fully saturated rings. The van der Waals surface area contributed by atoms with E-state index in [1.165, 1.54) is 4.90 Å². The van der Waals surface area contributed by atoms with Crippen molar-refractivity contribution in [3.8, 4) is 0 Å². The molecule has 8 nitrogen and oxygen atoms in total. The number of likely N-dealkylation sites (N-methyl/N-ethyl adjacent to an activating group) is 2. The van der Waals surface area contributed by atoms with Crippen LogP contribution in [0.3, 0.4) is 0 Å². The van der Waals surface area contributed by atoms with Gasteiger partial charge in [-0.05, 0) is 44.2 Å². The second-order valence-corrected chi connectivity index (χ2v) is 7.25. The molecule has 0 bridgehead atoms. The minimum Gasteiger partial charge on any atom is -0.467 e. The van der Waals surface area contributed by atoms with Crippen molar-refractivity contribution in [2.24, 2.45) is 0 Å². The van der Waals surface area contributed by atoms with Crippen LogP contribution in [-0.4, -0.2) is 55.8 Å². The van der Waals surface area contributed by atoms with E-state index in [-0.39, 0.29) is 37.4 Å². The van der Waals surface area contributed by atoms with Crippen LogP contribution in [0, 0.1) is 0 Å². The van der Waals surface area contributed by atoms with E-state index in [1.807, 2.05) is 0 Å². The molecule has 1 saturated carbocycles. The monoisotopic (exact) mass is 398 g/mol. The van der Waals surface area contributed by atoms with E-state index in [9.17, 15) is 14.4 Å². The van der Waals surface area contributed by atoms with Crippen LogP contribution in [0.15, 0.2) is 47.1 Å². The Hall–Kier alpha value is -3.13. The zero-order chi connectivity index (χ0) is 20.8. The molecule has 1 aliphatic rings. The van der Waals surface area contributed by atoms with E-state index in [0.717, 1.165) is 12.8 Å². The Labute approximate surface area is 169 Å². The van der Waals surface area contributed by atoms with Gasteiger partial charge in [0.15, 0.2) is 0 Å². The second kappa shape index (κ2) is 9.38. The van der Waals surface area contributed by atoms with Gasteiger partial charge in [-0.3, -0.25) is 19.3 Å². The molecular formula is C21H26N4O4. The topological polar surface area (TPSA) is 94.9 Å². The molecule has 0 aliphatic heterocycles. The van der Waals surface area contributed by atoms with E-state index in [0.29, 0.717) is 23.1 Å². The van der Waals surface area contributed by atoms with Crippen LogP contribution in [-0.2, 0) is 16.1 Å². The number of hydrogen-bond donors (Lipinski definition) is 2. The molecule has 2 N–H and O–H groups in total. The lowest BCUT2D eigenvalue weighted by molar-refractivity contribution is -0.123. The number of hydrogen-bond acceptors (Lipinski definition) is 5. The number of benzene rings is 1. The van der Waals surface area contributed by atoms with Crippen molar-refractivity contribution >= 4 is 23.4 Å². The van der Waals surface area contributed by atoms with Gasteiger partial charge in [0.1, 0.15) is 5.76 Å². The summed E-state index contributed by atoms with van der Waals surface area (Å²) < 4.78 is 5.22. The van der Waals surface area contributed by atoms with Crippen LogP contribution < -0.4 is 15.5 Å². The Morgan fingerprint density at radius 3 is 2.52 bits per heavy atom. The van der Waals surface area contributed by atoms with Crippen molar-refractivity contribution < 1.29 is 18.8 Å². The van der Waals surface area contributed by atoms with E-state index in [4.69, 9.17) is 4.42 Å². The van der Waals surface area contributed by atoms with Crippen molar-refractivity contribution in [1.82, 2.24) is 15.5 Å². The number of nitrogens with zero attached hydrogens (tertiary/aromatic N) is 2. The minimum atomic E-state index is -0.297. The summed E-state index contributed by atoms with van der Waals surface area (Å²) in [6.45, 7) is 0.481. The van der Waals surface area contributed by atoms with Gasteiger partial charge < -0.3 is 20.0 Å². The molecule has 8 heteroatoms. The maximum absolute atomic E-state index is 12.7. The molecule has 0 atom stereocenters. The van der Waals surface area contributed by atoms with Gasteiger partial charge in [-0.15, -0.1) is 0 Å². The SMILES string of the molecule is CN(CC(=O)NC1CC1)CC(=O)N(C)c1ccccc1C(=O)NCc1ccco1. The molecular weight excluding hydrogens is 372 g/mol. The van der Waals surface area contributed by atoms with E-state index < -0.39 is 0 Å². The summed E-state index contributed by atoms with van der Waals surface area (Å²) in [4.78, 5) is 40.3. The zero-order valence-corrected chi connectivity index (χ0v) is 16.7. The summed E-state index contributed by atoms with van der Waals surface area (Å²) in [6.07, 6.45) is 3.59. The molecule has 29 heavy (non-hydrogen) atoms. The highest BCUT2D eigenvalue weighted by Gasteiger charge is 2.24. The molecule has 1 aliphatic carbocycles. The number of rotatable bonds is 9. The quantitative estimate of drug-likeness (QED) is 0.666. The summed E-state index contributed by atoms with van der Waals surface area (Å²) in [7, 11) is 3.35. The normalized spacial score (nSPS) is 13.2. The molecule has 3 rings (SSSR count). The van der Waals surface area contributed by atoms with Crippen molar-refractivity contribution in [1.29, 1.82) is 0 Å². The Morgan fingerprint density at radius 1 is 1.07 bits per heavy atom. The van der Waals surface area contributed by atoms with Crippen molar-refractivity contribution in [3.05, 3.63) is 54.0 Å². The third-order valence-corrected chi connectivity index (χ3v) is 4.65. The Morgan fingerprint density at radius 2 is 1.83 bits per heavy atom. The van der Waals surface area contributed by atoms with Gasteiger partial charge in [0.05, 0.1) is 37.1 Å². The minimum absolute atomic E-state index is 0.0664. The Bertz CT molecular complexity index is 861. The van der Waals surface area contributed by atoms with Gasteiger partial charge >= 0.3 is 0 Å². The molecule has 3 amide bonds. The zero-order valence-electron chi connectivity index (χ0n) is 16.7. The predicted octanol–water partition coefficient (Wildman–Crippen LogP) is 1.38. The Kier molecular flexibility index (Phi) is 6.66. The highest BCUT2D eigenvalue weighted by atomic mass is 16.3. The summed E-state index contributed by atoms with van der Waals surface area (Å²) in [5.41, 5.74) is 0.898. The third kappa shape index (κ3) is 5.92. The number of amides is 3. The summed E-state index contributed by atoms with van der Waals surface area (Å²) in [6, 6.07) is 10.7. The van der Waals surface area contributed by atoms with Crippen LogP contribution in [0.2, 0.25) is 0 Å². The fraction of sp³-hybridized carbons (Fsp3) is 0.381. The van der Waals surface area contributed by atoms with Gasteiger partial charge in [-0.2, -0.15) is 0 Å². The number of anilines is 1. The molecule has 0 saturated heterocycles. The van der Waals surface area contributed by atoms with E-state index in [2.05, 4.69) is 10.6 Å². The molecule has 1 aromatic heterocycles. The highest BCUT2D eigenvalue weighted by Crippen LogP contribution is 2.20. The van der Waals surface area contributed by atoms with Crippen LogP contribution >= 0.6 is 0 Å². The molecule has 1 heterocycles. The maximum Gasteiger partial charge on any atom is 0.253 e. The van der Waals surface area contributed by atoms with Gasteiger partial charge in [0, 0.05) is 13.1 Å². The fourth-order valence-electron chi connectivity index (χ4n) is 2.91. The van der Waals surface area contributed by atoms with Crippen molar-refractivity contribution in [2.75, 3.05) is 32.1 Å². The number of carbonyl (C=O) groups excluding carboxylic acids is 3. The third-order valence-electron chi connectivity index (χ3n) is 4.65. The summed E-state index contributed by atoms with van der Waals surface area (Å²) >= 11 is 0. The van der Waals surface area contributed by atoms with Gasteiger partial charge in [-0.25, -0.2) is 0 Å². The lowest BCUT2D eigenvalue weighted by atomic mass is 10.1. The number of furan rings is 1. The Balaban J connectivity index is 1.58. The van der Waals surface area contributed by atoms with Crippen molar-refractivity contribution in [3.63, 3.8) is 0 Å². The summed E-state index contributed by atoms with van der Waals surface area (Å²) in [5.74, 6) is 0.0568. The van der Waals surface area contributed by atoms with Crippen LogP contribution in [0.5, 0.6) is 0 Å². The molecule has 0 unspecified atom stereocenters. The van der Waals surface area contributed by atoms with Crippen molar-refractivity contribution in [2.45, 2.75) is 25.4 Å². The highest BCUT2D eigenvalue weighted by molar-refractivity contribution is 6.05. The lowest BCUT2D eigenvalue weighted by Crippen LogP contribution is -2.42. The number of carbonyl (C=O) groups is 3. The largest absolute Gasteiger partial charge is 0.467 e. The van der Waals surface area contributed by atoms with Crippen LogP contribution in [0.1, 0.15) is 29.0 Å². The van der Waals surface area contributed by atoms with Crippen LogP contribution in [0.25, 0.3) is 0 Å². The number of nitrogens with one attached hydrogen (secondary N) is 2. The first-order valence-corrected chi connectivity index (χ1v) is 9.58. The first kappa shape index (κ1) is 20.6. The smallest absolute Gasteiger partial charge is 0.253 e. The first-order valence-electron chi connectivity index (χ1n) is 9.58. The van der Waals surface area contributed by atoms with Gasteiger partial charge in [0.2, 0.25) is 11.8 Å². The molecule has 0 spiro atoms. The standard InChI is InChI=1S/C21H26N4O4/c1-24(13-19(26)23-15-9-10-15)14-20(27)25(2)18-8-4-3-7-17(18)21(28)22-12-16-6-5-11-29-16/h3-8,11,15H,9-10,12-14H2,1-2H3,(H,22,28)(H,23,26). The molecule has 1 aromatic carbocycles. The van der Waals surface area contributed by atoms with Gasteiger partial charge in [-0.1, -0.05) is 12.1 Å². The summed E-state index contributed by atoms with van der Waals surface area (Å²) in [5, 5.41) is 5.69. The fourth-order valence-corrected chi connectivity index (χ4v) is 2.91. The van der Waals surface area contributed by atoms with Crippen LogP contribution in [0.4, 0.5) is 5.69 Å². The first-order chi connectivity index (χ1) is 13.9. The maximum atomic E-state index is 12.7. The van der Waals surface area contributed by atoms with E-state index >= 15 is 0 Å². The lowest BCUT2D eigenvalue weighted by Gasteiger charge is -2.23. The average molecular weight is 398 g/mol. The molecule has 154 valence electrons.